The van der Waals surface area contributed by atoms with Crippen LogP contribution in [0.15, 0.2) is 53.4 Å². The molecule has 0 aliphatic carbocycles. The molecule has 0 saturated carbocycles. The van der Waals surface area contributed by atoms with Gasteiger partial charge in [0.2, 0.25) is 10.0 Å². The van der Waals surface area contributed by atoms with Crippen LogP contribution in [0.5, 0.6) is 0 Å². The summed E-state index contributed by atoms with van der Waals surface area (Å²) in [7, 11) is -2.27. The number of carbonyl (C=O) groups excluding carboxylic acids is 1. The molecular weight excluding hydrogens is 393 g/mol. The summed E-state index contributed by atoms with van der Waals surface area (Å²) in [6, 6.07) is 11.3. The molecule has 0 bridgehead atoms. The lowest BCUT2D eigenvalue weighted by Crippen LogP contribution is -2.48. The van der Waals surface area contributed by atoms with E-state index in [9.17, 15) is 17.6 Å². The predicted molar refractivity (Wildman–Crippen MR) is 103 cm³/mol. The SMILES string of the molecule is CNC(=O)c1ccc(S(=O)(=O)N2CCNCC2c2cccc(F)c2)cc1.Cl. The van der Waals surface area contributed by atoms with Crippen LogP contribution in [-0.2, 0) is 10.0 Å². The molecule has 1 saturated heterocycles. The molecule has 1 aliphatic rings. The van der Waals surface area contributed by atoms with Crippen molar-refractivity contribution >= 4 is 28.3 Å². The van der Waals surface area contributed by atoms with Gasteiger partial charge in [-0.3, -0.25) is 4.79 Å². The van der Waals surface area contributed by atoms with Gasteiger partial charge in [0.1, 0.15) is 5.82 Å². The third-order valence-corrected chi connectivity index (χ3v) is 6.30. The van der Waals surface area contributed by atoms with E-state index in [-0.39, 0.29) is 29.8 Å². The Labute approximate surface area is 164 Å². The molecule has 146 valence electrons. The van der Waals surface area contributed by atoms with Crippen LogP contribution in [0, 0.1) is 5.82 Å². The van der Waals surface area contributed by atoms with E-state index in [0.29, 0.717) is 24.2 Å². The van der Waals surface area contributed by atoms with E-state index in [1.54, 1.807) is 12.1 Å². The van der Waals surface area contributed by atoms with E-state index in [4.69, 9.17) is 0 Å². The molecular formula is C18H21ClFN3O3S. The summed E-state index contributed by atoms with van der Waals surface area (Å²) < 4.78 is 41.2. The molecule has 3 rings (SSSR count). The number of nitrogens with one attached hydrogen (secondary N) is 2. The zero-order valence-corrected chi connectivity index (χ0v) is 16.3. The van der Waals surface area contributed by atoms with Gasteiger partial charge in [-0.1, -0.05) is 12.1 Å². The van der Waals surface area contributed by atoms with Gasteiger partial charge in [-0.15, -0.1) is 12.4 Å². The van der Waals surface area contributed by atoms with Crippen molar-refractivity contribution in [2.45, 2.75) is 10.9 Å². The first-order valence-electron chi connectivity index (χ1n) is 8.23. The van der Waals surface area contributed by atoms with Crippen molar-refractivity contribution in [3.8, 4) is 0 Å². The highest BCUT2D eigenvalue weighted by molar-refractivity contribution is 7.89. The smallest absolute Gasteiger partial charge is 0.251 e. The maximum absolute atomic E-state index is 13.6. The van der Waals surface area contributed by atoms with Gasteiger partial charge in [0.15, 0.2) is 0 Å². The van der Waals surface area contributed by atoms with Crippen LogP contribution in [0.2, 0.25) is 0 Å². The Morgan fingerprint density at radius 1 is 1.22 bits per heavy atom. The van der Waals surface area contributed by atoms with E-state index in [0.717, 1.165) is 0 Å². The molecule has 1 fully saturated rings. The second-order valence-corrected chi connectivity index (χ2v) is 7.88. The molecule has 2 N–H and O–H groups in total. The fourth-order valence-electron chi connectivity index (χ4n) is 3.03. The number of halogens is 2. The molecule has 9 heteroatoms. The van der Waals surface area contributed by atoms with E-state index >= 15 is 0 Å². The van der Waals surface area contributed by atoms with Crippen molar-refractivity contribution in [2.75, 3.05) is 26.7 Å². The highest BCUT2D eigenvalue weighted by Gasteiger charge is 2.34. The fourth-order valence-corrected chi connectivity index (χ4v) is 4.64. The van der Waals surface area contributed by atoms with Crippen molar-refractivity contribution in [2.24, 2.45) is 0 Å². The molecule has 0 radical (unpaired) electrons. The lowest BCUT2D eigenvalue weighted by molar-refractivity contribution is 0.0963. The standard InChI is InChI=1S/C18H20FN3O3S.ClH/c1-20-18(23)13-5-7-16(8-6-13)26(24,25)22-10-9-21-12-17(22)14-3-2-4-15(19)11-14;/h2-8,11,17,21H,9-10,12H2,1H3,(H,20,23);1H. The Hall–Kier alpha value is -2.00. The second-order valence-electron chi connectivity index (χ2n) is 5.99. The van der Waals surface area contributed by atoms with Crippen LogP contribution < -0.4 is 10.6 Å². The van der Waals surface area contributed by atoms with E-state index in [1.807, 2.05) is 0 Å². The van der Waals surface area contributed by atoms with Gasteiger partial charge in [0.05, 0.1) is 10.9 Å². The molecule has 6 nitrogen and oxygen atoms in total. The first-order chi connectivity index (χ1) is 12.4. The van der Waals surface area contributed by atoms with Crippen molar-refractivity contribution in [1.29, 1.82) is 0 Å². The first-order valence-corrected chi connectivity index (χ1v) is 9.67. The Kier molecular flexibility index (Phi) is 6.94. The van der Waals surface area contributed by atoms with Gasteiger partial charge in [-0.05, 0) is 42.0 Å². The molecule has 1 amide bonds. The summed E-state index contributed by atoms with van der Waals surface area (Å²) >= 11 is 0. The van der Waals surface area contributed by atoms with E-state index in [2.05, 4.69) is 10.6 Å². The minimum absolute atomic E-state index is 0. The number of benzene rings is 2. The fraction of sp³-hybridized carbons (Fsp3) is 0.278. The summed E-state index contributed by atoms with van der Waals surface area (Å²) in [5.41, 5.74) is 0.983. The molecule has 2 aromatic carbocycles. The molecule has 27 heavy (non-hydrogen) atoms. The molecule has 1 aliphatic heterocycles. The largest absolute Gasteiger partial charge is 0.355 e. The molecule has 1 unspecified atom stereocenters. The van der Waals surface area contributed by atoms with Gasteiger partial charge in [0.25, 0.3) is 5.91 Å². The number of hydrogen-bond donors (Lipinski definition) is 2. The summed E-state index contributed by atoms with van der Waals surface area (Å²) in [4.78, 5) is 11.7. The van der Waals surface area contributed by atoms with Gasteiger partial charge < -0.3 is 10.6 Å². The Balaban J connectivity index is 0.00000261. The van der Waals surface area contributed by atoms with Crippen molar-refractivity contribution in [1.82, 2.24) is 14.9 Å². The van der Waals surface area contributed by atoms with Crippen LogP contribution in [-0.4, -0.2) is 45.3 Å². The maximum Gasteiger partial charge on any atom is 0.251 e. The predicted octanol–water partition coefficient (Wildman–Crippen LogP) is 1.94. The van der Waals surface area contributed by atoms with E-state index in [1.165, 1.54) is 47.8 Å². The minimum atomic E-state index is -3.78. The maximum atomic E-state index is 13.6. The van der Waals surface area contributed by atoms with E-state index < -0.39 is 21.9 Å². The monoisotopic (exact) mass is 413 g/mol. The number of amides is 1. The summed E-state index contributed by atoms with van der Waals surface area (Å²) in [5, 5.41) is 5.65. The average molecular weight is 414 g/mol. The van der Waals surface area contributed by atoms with Crippen molar-refractivity contribution < 1.29 is 17.6 Å². The van der Waals surface area contributed by atoms with Crippen LogP contribution >= 0.6 is 12.4 Å². The Morgan fingerprint density at radius 3 is 2.56 bits per heavy atom. The highest BCUT2D eigenvalue weighted by atomic mass is 35.5. The van der Waals surface area contributed by atoms with Gasteiger partial charge >= 0.3 is 0 Å². The zero-order chi connectivity index (χ0) is 18.7. The van der Waals surface area contributed by atoms with Crippen molar-refractivity contribution in [3.05, 3.63) is 65.5 Å². The quantitative estimate of drug-likeness (QED) is 0.803. The van der Waals surface area contributed by atoms with Gasteiger partial charge in [-0.2, -0.15) is 4.31 Å². The number of rotatable bonds is 4. The third-order valence-electron chi connectivity index (χ3n) is 4.38. The normalized spacial score (nSPS) is 17.8. The highest BCUT2D eigenvalue weighted by Crippen LogP contribution is 2.29. The first kappa shape index (κ1) is 21.3. The van der Waals surface area contributed by atoms with Crippen LogP contribution in [0.4, 0.5) is 4.39 Å². The average Bonchev–Trinajstić information content (AvgIpc) is 2.67. The Morgan fingerprint density at radius 2 is 1.93 bits per heavy atom. The number of hydrogen-bond acceptors (Lipinski definition) is 4. The third kappa shape index (κ3) is 4.47. The summed E-state index contributed by atoms with van der Waals surface area (Å²) in [5.74, 6) is -0.686. The molecule has 0 spiro atoms. The summed E-state index contributed by atoms with van der Waals surface area (Å²) in [6.07, 6.45) is 0. The minimum Gasteiger partial charge on any atom is -0.355 e. The molecule has 2 aromatic rings. The van der Waals surface area contributed by atoms with Crippen molar-refractivity contribution in [3.63, 3.8) is 0 Å². The van der Waals surface area contributed by atoms with Crippen LogP contribution in [0.1, 0.15) is 22.0 Å². The van der Waals surface area contributed by atoms with Crippen LogP contribution in [0.3, 0.4) is 0 Å². The molecule has 1 heterocycles. The number of nitrogens with zero attached hydrogens (tertiary/aromatic N) is 1. The lowest BCUT2D eigenvalue weighted by Gasteiger charge is -2.35. The summed E-state index contributed by atoms with van der Waals surface area (Å²) in [6.45, 7) is 1.20. The zero-order valence-electron chi connectivity index (χ0n) is 14.7. The number of sulfonamides is 1. The van der Waals surface area contributed by atoms with Gasteiger partial charge in [0, 0.05) is 32.2 Å². The van der Waals surface area contributed by atoms with Crippen LogP contribution in [0.25, 0.3) is 0 Å². The molecule has 0 aromatic heterocycles. The Bertz CT molecular complexity index is 906. The number of carbonyl (C=O) groups is 1. The topological polar surface area (TPSA) is 78.5 Å². The number of piperazine rings is 1. The van der Waals surface area contributed by atoms with Gasteiger partial charge in [-0.25, -0.2) is 12.8 Å². The molecule has 1 atom stereocenters. The lowest BCUT2D eigenvalue weighted by atomic mass is 10.1. The second kappa shape index (κ2) is 8.79.